The maximum Gasteiger partial charge on any atom is 0.326 e. The summed E-state index contributed by atoms with van der Waals surface area (Å²) in [5.74, 6) is -1.45. The van der Waals surface area contributed by atoms with Crippen molar-refractivity contribution in [3.05, 3.63) is 0 Å². The minimum absolute atomic E-state index is 0.186. The highest BCUT2D eigenvalue weighted by atomic mass is 16.4. The van der Waals surface area contributed by atoms with Gasteiger partial charge in [-0.2, -0.15) is 0 Å². The van der Waals surface area contributed by atoms with E-state index in [9.17, 15) is 9.59 Å². The molecule has 0 aliphatic rings. The molecule has 3 N–H and O–H groups in total. The van der Waals surface area contributed by atoms with Gasteiger partial charge in [-0.25, -0.2) is 4.79 Å². The average molecular weight is 216 g/mol. The molecular formula is C10H20N2O3. The molecule has 15 heavy (non-hydrogen) atoms. The van der Waals surface area contributed by atoms with Gasteiger partial charge in [-0.3, -0.25) is 4.79 Å². The molecule has 0 heterocycles. The second kappa shape index (κ2) is 6.40. The Bertz CT molecular complexity index is 231. The number of nitrogens with two attached hydrogens (primary N) is 1. The zero-order chi connectivity index (χ0) is 12.0. The van der Waals surface area contributed by atoms with Gasteiger partial charge in [0, 0.05) is 13.6 Å². The first-order valence-electron chi connectivity index (χ1n) is 5.15. The Morgan fingerprint density at radius 1 is 1.47 bits per heavy atom. The first-order valence-corrected chi connectivity index (χ1v) is 5.15. The van der Waals surface area contributed by atoms with Gasteiger partial charge in [0.15, 0.2) is 0 Å². The normalized spacial score (nSPS) is 14.4. The van der Waals surface area contributed by atoms with Crippen LogP contribution >= 0.6 is 0 Å². The van der Waals surface area contributed by atoms with E-state index in [4.69, 9.17) is 10.8 Å². The second-order valence-corrected chi connectivity index (χ2v) is 3.68. The van der Waals surface area contributed by atoms with Crippen LogP contribution < -0.4 is 5.73 Å². The lowest BCUT2D eigenvalue weighted by Crippen LogP contribution is -2.44. The van der Waals surface area contributed by atoms with Crippen LogP contribution in [0.3, 0.4) is 0 Å². The van der Waals surface area contributed by atoms with Crippen molar-refractivity contribution in [1.82, 2.24) is 4.90 Å². The molecule has 0 spiro atoms. The lowest BCUT2D eigenvalue weighted by atomic mass is 10.0. The van der Waals surface area contributed by atoms with Crippen LogP contribution in [-0.4, -0.2) is 41.5 Å². The number of carboxylic acids is 1. The Kier molecular flexibility index (Phi) is 5.93. The summed E-state index contributed by atoms with van der Waals surface area (Å²) in [5.41, 5.74) is 5.48. The standard InChI is InChI=1S/C10H20N2O3/c1-4-5-8(6-11)9(13)12(3)7(2)10(14)15/h7-8H,4-6,11H2,1-3H3,(H,14,15). The second-order valence-electron chi connectivity index (χ2n) is 3.68. The third-order valence-electron chi connectivity index (χ3n) is 2.56. The van der Waals surface area contributed by atoms with Gasteiger partial charge in [-0.15, -0.1) is 0 Å². The largest absolute Gasteiger partial charge is 0.480 e. The van der Waals surface area contributed by atoms with Crippen molar-refractivity contribution in [2.75, 3.05) is 13.6 Å². The van der Waals surface area contributed by atoms with Crippen LogP contribution in [0.1, 0.15) is 26.7 Å². The maximum atomic E-state index is 11.8. The maximum absolute atomic E-state index is 11.8. The topological polar surface area (TPSA) is 83.6 Å². The van der Waals surface area contributed by atoms with Gasteiger partial charge in [-0.1, -0.05) is 13.3 Å². The van der Waals surface area contributed by atoms with Crippen molar-refractivity contribution in [2.45, 2.75) is 32.7 Å². The van der Waals surface area contributed by atoms with Gasteiger partial charge in [0.05, 0.1) is 5.92 Å². The molecular weight excluding hydrogens is 196 g/mol. The van der Waals surface area contributed by atoms with E-state index in [1.165, 1.54) is 18.9 Å². The molecule has 5 nitrogen and oxygen atoms in total. The predicted molar refractivity (Wildman–Crippen MR) is 57.3 cm³/mol. The van der Waals surface area contributed by atoms with E-state index in [2.05, 4.69) is 0 Å². The van der Waals surface area contributed by atoms with E-state index in [1.54, 1.807) is 0 Å². The van der Waals surface area contributed by atoms with Crippen molar-refractivity contribution in [3.8, 4) is 0 Å². The number of hydrogen-bond acceptors (Lipinski definition) is 3. The third-order valence-corrected chi connectivity index (χ3v) is 2.56. The van der Waals surface area contributed by atoms with Gasteiger partial charge >= 0.3 is 5.97 Å². The highest BCUT2D eigenvalue weighted by molar-refractivity contribution is 5.84. The van der Waals surface area contributed by atoms with Crippen LogP contribution in [0.4, 0.5) is 0 Å². The molecule has 0 saturated heterocycles. The Labute approximate surface area is 90.2 Å². The van der Waals surface area contributed by atoms with Crippen LogP contribution in [0.5, 0.6) is 0 Å². The van der Waals surface area contributed by atoms with Gasteiger partial charge in [0.25, 0.3) is 0 Å². The molecule has 2 unspecified atom stereocenters. The molecule has 0 aliphatic carbocycles. The molecule has 0 aromatic heterocycles. The van der Waals surface area contributed by atoms with Crippen LogP contribution in [0.2, 0.25) is 0 Å². The lowest BCUT2D eigenvalue weighted by Gasteiger charge is -2.25. The lowest BCUT2D eigenvalue weighted by molar-refractivity contribution is -0.149. The van der Waals surface area contributed by atoms with Crippen LogP contribution in [0, 0.1) is 5.92 Å². The molecule has 0 radical (unpaired) electrons. The molecule has 0 aromatic rings. The van der Waals surface area contributed by atoms with Crippen LogP contribution in [-0.2, 0) is 9.59 Å². The van der Waals surface area contributed by atoms with E-state index in [0.717, 1.165) is 6.42 Å². The Hall–Kier alpha value is -1.10. The number of nitrogens with zero attached hydrogens (tertiary/aromatic N) is 1. The Balaban J connectivity index is 4.46. The fourth-order valence-corrected chi connectivity index (χ4v) is 1.34. The summed E-state index contributed by atoms with van der Waals surface area (Å²) in [6.07, 6.45) is 1.56. The smallest absolute Gasteiger partial charge is 0.326 e. The van der Waals surface area contributed by atoms with Gasteiger partial charge in [0.1, 0.15) is 6.04 Å². The molecule has 5 heteroatoms. The van der Waals surface area contributed by atoms with E-state index in [-0.39, 0.29) is 18.4 Å². The third kappa shape index (κ3) is 3.87. The summed E-state index contributed by atoms with van der Waals surface area (Å²) in [6.45, 7) is 3.72. The molecule has 2 atom stereocenters. The fraction of sp³-hybridized carbons (Fsp3) is 0.800. The Morgan fingerprint density at radius 2 is 2.00 bits per heavy atom. The zero-order valence-corrected chi connectivity index (χ0v) is 9.56. The summed E-state index contributed by atoms with van der Waals surface area (Å²) in [6, 6.07) is -0.802. The number of aliphatic carboxylic acids is 1. The summed E-state index contributed by atoms with van der Waals surface area (Å²) >= 11 is 0. The highest BCUT2D eigenvalue weighted by Gasteiger charge is 2.26. The van der Waals surface area contributed by atoms with Crippen molar-refractivity contribution in [2.24, 2.45) is 11.7 Å². The Morgan fingerprint density at radius 3 is 2.33 bits per heavy atom. The number of likely N-dealkylation sites (N-methyl/N-ethyl adjacent to an activating group) is 1. The summed E-state index contributed by atoms with van der Waals surface area (Å²) in [5, 5.41) is 8.76. The molecule has 0 rings (SSSR count). The number of carboxylic acid groups (broad SMARTS) is 1. The molecule has 0 aromatic carbocycles. The van der Waals surface area contributed by atoms with Crippen molar-refractivity contribution in [1.29, 1.82) is 0 Å². The zero-order valence-electron chi connectivity index (χ0n) is 9.56. The van der Waals surface area contributed by atoms with E-state index in [0.29, 0.717) is 6.42 Å². The van der Waals surface area contributed by atoms with Gasteiger partial charge < -0.3 is 15.7 Å². The summed E-state index contributed by atoms with van der Waals surface area (Å²) in [4.78, 5) is 23.7. The van der Waals surface area contributed by atoms with Crippen LogP contribution in [0.15, 0.2) is 0 Å². The molecule has 0 fully saturated rings. The van der Waals surface area contributed by atoms with Crippen molar-refractivity contribution >= 4 is 11.9 Å². The van der Waals surface area contributed by atoms with Gasteiger partial charge in [0.2, 0.25) is 5.91 Å². The van der Waals surface area contributed by atoms with Crippen molar-refractivity contribution in [3.63, 3.8) is 0 Å². The SMILES string of the molecule is CCCC(CN)C(=O)N(C)C(C)C(=O)O. The molecule has 88 valence electrons. The first kappa shape index (κ1) is 13.9. The highest BCUT2D eigenvalue weighted by Crippen LogP contribution is 2.10. The summed E-state index contributed by atoms with van der Waals surface area (Å²) < 4.78 is 0. The number of carbonyl (C=O) groups excluding carboxylic acids is 1. The minimum Gasteiger partial charge on any atom is -0.480 e. The van der Waals surface area contributed by atoms with Gasteiger partial charge in [-0.05, 0) is 13.3 Å². The number of carbonyl (C=O) groups is 2. The minimum atomic E-state index is -1.00. The van der Waals surface area contributed by atoms with E-state index < -0.39 is 12.0 Å². The fourth-order valence-electron chi connectivity index (χ4n) is 1.34. The monoisotopic (exact) mass is 216 g/mol. The van der Waals surface area contributed by atoms with Crippen LogP contribution in [0.25, 0.3) is 0 Å². The molecule has 1 amide bonds. The number of rotatable bonds is 6. The molecule has 0 bridgehead atoms. The van der Waals surface area contributed by atoms with E-state index >= 15 is 0 Å². The average Bonchev–Trinajstić information content (AvgIpc) is 2.22. The predicted octanol–water partition coefficient (Wildman–Crippen LogP) is 0.293. The first-order chi connectivity index (χ1) is 6.95. The number of amides is 1. The molecule has 0 saturated carbocycles. The quantitative estimate of drug-likeness (QED) is 0.668. The summed E-state index contributed by atoms with van der Waals surface area (Å²) in [7, 11) is 1.50. The van der Waals surface area contributed by atoms with E-state index in [1.807, 2.05) is 6.92 Å². The van der Waals surface area contributed by atoms with Crippen molar-refractivity contribution < 1.29 is 14.7 Å². The number of hydrogen-bond donors (Lipinski definition) is 2. The molecule has 0 aliphatic heterocycles.